The van der Waals surface area contributed by atoms with Crippen molar-refractivity contribution in [2.75, 3.05) is 32.7 Å². The fraction of sp³-hybridized carbons (Fsp3) is 0.857. The largest absolute Gasteiger partial charge is 0.340 e. The summed E-state index contributed by atoms with van der Waals surface area (Å²) in [7, 11) is 0. The Hall–Kier alpha value is -0.810. The lowest BCUT2D eigenvalue weighted by Crippen LogP contribution is -2.48. The summed E-state index contributed by atoms with van der Waals surface area (Å²) in [5.41, 5.74) is 0. The molecule has 0 aromatic rings. The molecule has 3 heterocycles. The molecule has 5 nitrogen and oxygen atoms in total. The molecule has 0 aromatic heterocycles. The van der Waals surface area contributed by atoms with Gasteiger partial charge < -0.3 is 15.1 Å². The second-order valence-corrected chi connectivity index (χ2v) is 6.04. The number of rotatable bonds is 3. The van der Waals surface area contributed by atoms with Crippen LogP contribution in [0.15, 0.2) is 0 Å². The second-order valence-electron chi connectivity index (χ2n) is 6.04. The van der Waals surface area contributed by atoms with E-state index >= 15 is 0 Å². The van der Waals surface area contributed by atoms with Gasteiger partial charge in [0.15, 0.2) is 0 Å². The minimum atomic E-state index is -0.221. The van der Waals surface area contributed by atoms with Crippen molar-refractivity contribution >= 4 is 24.2 Å². The predicted molar refractivity (Wildman–Crippen MR) is 78.7 cm³/mol. The van der Waals surface area contributed by atoms with E-state index in [1.807, 2.05) is 11.8 Å². The maximum absolute atomic E-state index is 12.7. The minimum Gasteiger partial charge on any atom is -0.340 e. The first-order valence-corrected chi connectivity index (χ1v) is 7.49. The quantitative estimate of drug-likeness (QED) is 0.825. The van der Waals surface area contributed by atoms with Gasteiger partial charge in [0.1, 0.15) is 6.04 Å². The Balaban J connectivity index is 0.00000147. The van der Waals surface area contributed by atoms with Gasteiger partial charge >= 0.3 is 0 Å². The Bertz CT molecular complexity index is 379. The van der Waals surface area contributed by atoms with E-state index < -0.39 is 0 Å². The van der Waals surface area contributed by atoms with Crippen LogP contribution in [0.2, 0.25) is 0 Å². The van der Waals surface area contributed by atoms with Crippen molar-refractivity contribution in [2.45, 2.75) is 32.2 Å². The number of carbonyl (C=O) groups is 2. The van der Waals surface area contributed by atoms with Crippen molar-refractivity contribution in [2.24, 2.45) is 11.8 Å². The molecule has 114 valence electrons. The molecular weight excluding hydrogens is 278 g/mol. The molecule has 3 aliphatic rings. The number of amides is 2. The highest BCUT2D eigenvalue weighted by molar-refractivity contribution is 5.88. The number of halogens is 1. The molecule has 3 aliphatic heterocycles. The van der Waals surface area contributed by atoms with Gasteiger partial charge in [0.25, 0.3) is 0 Å². The molecule has 0 radical (unpaired) electrons. The summed E-state index contributed by atoms with van der Waals surface area (Å²) in [6.07, 6.45) is 2.24. The average Bonchev–Trinajstić information content (AvgIpc) is 3.05. The maximum Gasteiger partial charge on any atom is 0.245 e. The first kappa shape index (κ1) is 15.6. The molecule has 2 amide bonds. The summed E-state index contributed by atoms with van der Waals surface area (Å²) in [6, 6.07) is -0.221. The van der Waals surface area contributed by atoms with E-state index in [9.17, 15) is 9.59 Å². The Morgan fingerprint density at radius 1 is 1.35 bits per heavy atom. The molecular formula is C14H24ClN3O2. The van der Waals surface area contributed by atoms with E-state index in [0.29, 0.717) is 18.3 Å². The van der Waals surface area contributed by atoms with Crippen LogP contribution in [0.4, 0.5) is 0 Å². The summed E-state index contributed by atoms with van der Waals surface area (Å²) in [5, 5.41) is 3.39. The van der Waals surface area contributed by atoms with Crippen LogP contribution in [0.3, 0.4) is 0 Å². The minimum absolute atomic E-state index is 0. The molecule has 0 spiro atoms. The monoisotopic (exact) mass is 301 g/mol. The van der Waals surface area contributed by atoms with Crippen LogP contribution in [0.5, 0.6) is 0 Å². The number of nitrogens with one attached hydrogen (secondary N) is 1. The SMILES string of the molecule is CCC(C(=O)N1C[C@H]2CNC[C@H]2C1)N1CCCC1=O.Cl. The molecule has 6 heteroatoms. The average molecular weight is 302 g/mol. The van der Waals surface area contributed by atoms with Gasteiger partial charge in [0.05, 0.1) is 0 Å². The highest BCUT2D eigenvalue weighted by Crippen LogP contribution is 2.28. The van der Waals surface area contributed by atoms with Crippen LogP contribution < -0.4 is 5.32 Å². The summed E-state index contributed by atoms with van der Waals surface area (Å²) >= 11 is 0. The zero-order valence-corrected chi connectivity index (χ0v) is 12.8. The van der Waals surface area contributed by atoms with Gasteiger partial charge in [-0.15, -0.1) is 12.4 Å². The first-order chi connectivity index (χ1) is 9.20. The molecule has 3 fully saturated rings. The van der Waals surface area contributed by atoms with Crippen molar-refractivity contribution in [3.05, 3.63) is 0 Å². The second kappa shape index (κ2) is 6.31. The third kappa shape index (κ3) is 2.66. The summed E-state index contributed by atoms with van der Waals surface area (Å²) < 4.78 is 0. The Morgan fingerprint density at radius 3 is 2.50 bits per heavy atom. The van der Waals surface area contributed by atoms with E-state index in [-0.39, 0.29) is 30.3 Å². The molecule has 3 atom stereocenters. The van der Waals surface area contributed by atoms with Crippen LogP contribution in [-0.4, -0.2) is 60.4 Å². The maximum atomic E-state index is 12.7. The van der Waals surface area contributed by atoms with Crippen LogP contribution in [-0.2, 0) is 9.59 Å². The van der Waals surface area contributed by atoms with E-state index in [1.54, 1.807) is 4.90 Å². The van der Waals surface area contributed by atoms with Gasteiger partial charge in [-0.3, -0.25) is 9.59 Å². The van der Waals surface area contributed by atoms with Gasteiger partial charge in [0, 0.05) is 39.1 Å². The number of hydrogen-bond acceptors (Lipinski definition) is 3. The third-order valence-electron chi connectivity index (χ3n) is 4.86. The zero-order chi connectivity index (χ0) is 13.4. The van der Waals surface area contributed by atoms with Crippen molar-refractivity contribution in [1.82, 2.24) is 15.1 Å². The van der Waals surface area contributed by atoms with Gasteiger partial charge in [-0.05, 0) is 24.7 Å². The molecule has 3 rings (SSSR count). The Labute approximate surface area is 126 Å². The summed E-state index contributed by atoms with van der Waals surface area (Å²) in [6.45, 7) is 6.57. The topological polar surface area (TPSA) is 52.7 Å². The van der Waals surface area contributed by atoms with Gasteiger partial charge in [0.2, 0.25) is 11.8 Å². The normalized spacial score (nSPS) is 30.4. The van der Waals surface area contributed by atoms with Crippen molar-refractivity contribution < 1.29 is 9.59 Å². The summed E-state index contributed by atoms with van der Waals surface area (Å²) in [5.74, 6) is 1.57. The van der Waals surface area contributed by atoms with Crippen molar-refractivity contribution in [1.29, 1.82) is 0 Å². The van der Waals surface area contributed by atoms with Gasteiger partial charge in [-0.2, -0.15) is 0 Å². The van der Waals surface area contributed by atoms with Gasteiger partial charge in [-0.25, -0.2) is 0 Å². The molecule has 0 aromatic carbocycles. The van der Waals surface area contributed by atoms with E-state index in [1.165, 1.54) is 0 Å². The Kier molecular flexibility index (Phi) is 4.91. The van der Waals surface area contributed by atoms with Crippen LogP contribution in [0.1, 0.15) is 26.2 Å². The van der Waals surface area contributed by atoms with E-state index in [2.05, 4.69) is 5.32 Å². The number of hydrogen-bond donors (Lipinski definition) is 1. The zero-order valence-electron chi connectivity index (χ0n) is 12.0. The fourth-order valence-electron chi connectivity index (χ4n) is 3.77. The smallest absolute Gasteiger partial charge is 0.245 e. The number of fused-ring (bicyclic) bond motifs is 1. The molecule has 20 heavy (non-hydrogen) atoms. The molecule has 1 N–H and O–H groups in total. The standard InChI is InChI=1S/C14H23N3O2.ClH/c1-2-12(17-5-3-4-13(17)18)14(19)16-8-10-6-15-7-11(10)9-16;/h10-12,15H,2-9H2,1H3;1H/t10-,11+,12?;. The predicted octanol–water partition coefficient (Wildman–Crippen LogP) is 0.487. The van der Waals surface area contributed by atoms with Gasteiger partial charge in [-0.1, -0.05) is 6.92 Å². The van der Waals surface area contributed by atoms with E-state index in [0.717, 1.165) is 45.6 Å². The Morgan fingerprint density at radius 2 is 2.00 bits per heavy atom. The highest BCUT2D eigenvalue weighted by Gasteiger charge is 2.41. The molecule has 0 bridgehead atoms. The lowest BCUT2D eigenvalue weighted by Gasteiger charge is -2.30. The van der Waals surface area contributed by atoms with Crippen LogP contribution >= 0.6 is 12.4 Å². The molecule has 0 aliphatic carbocycles. The first-order valence-electron chi connectivity index (χ1n) is 7.49. The number of likely N-dealkylation sites (tertiary alicyclic amines) is 2. The lowest BCUT2D eigenvalue weighted by molar-refractivity contribution is -0.143. The number of carbonyl (C=O) groups excluding carboxylic acids is 2. The molecule has 3 saturated heterocycles. The van der Waals surface area contributed by atoms with Crippen molar-refractivity contribution in [3.8, 4) is 0 Å². The molecule has 0 saturated carbocycles. The number of nitrogens with zero attached hydrogens (tertiary/aromatic N) is 2. The van der Waals surface area contributed by atoms with Crippen LogP contribution in [0.25, 0.3) is 0 Å². The lowest BCUT2D eigenvalue weighted by atomic mass is 10.0. The molecule has 1 unspecified atom stereocenters. The fourth-order valence-corrected chi connectivity index (χ4v) is 3.77. The highest BCUT2D eigenvalue weighted by atomic mass is 35.5. The van der Waals surface area contributed by atoms with Crippen molar-refractivity contribution in [3.63, 3.8) is 0 Å². The van der Waals surface area contributed by atoms with E-state index in [4.69, 9.17) is 0 Å². The summed E-state index contributed by atoms with van der Waals surface area (Å²) in [4.78, 5) is 28.3. The van der Waals surface area contributed by atoms with Crippen LogP contribution in [0, 0.1) is 11.8 Å². The third-order valence-corrected chi connectivity index (χ3v) is 4.86.